The minimum absolute atomic E-state index is 0.101. The van der Waals surface area contributed by atoms with Crippen LogP contribution in [-0.2, 0) is 6.54 Å². The predicted molar refractivity (Wildman–Crippen MR) is 66.6 cm³/mol. The molecule has 96 valence electrons. The van der Waals surface area contributed by atoms with Crippen LogP contribution in [0, 0.1) is 0 Å². The second-order valence-electron chi connectivity index (χ2n) is 3.84. The van der Waals surface area contributed by atoms with E-state index in [2.05, 4.69) is 15.9 Å². The van der Waals surface area contributed by atoms with Gasteiger partial charge in [0.25, 0.3) is 0 Å². The van der Waals surface area contributed by atoms with Crippen molar-refractivity contribution in [3.8, 4) is 0 Å². The van der Waals surface area contributed by atoms with Crippen molar-refractivity contribution in [2.45, 2.75) is 17.5 Å². The Balaban J connectivity index is 2.53. The molecule has 1 nitrogen and oxygen atoms in total. The average molecular weight is 331 g/mol. The van der Waals surface area contributed by atoms with Crippen molar-refractivity contribution in [1.82, 2.24) is 4.90 Å². The third-order valence-corrected chi connectivity index (χ3v) is 3.21. The lowest BCUT2D eigenvalue weighted by atomic mass is 10.2. The average Bonchev–Trinajstić information content (AvgIpc) is 2.15. The molecule has 0 heterocycles. The standard InChI is InChI=1S/C11H12BrClF3N/c1-17(7-10(12)11(14,15)16)6-8-3-2-4-9(13)5-8/h2-5,10H,6-7H2,1H3. The van der Waals surface area contributed by atoms with E-state index in [9.17, 15) is 13.2 Å². The Bertz CT molecular complexity index is 370. The van der Waals surface area contributed by atoms with Crippen LogP contribution in [0.3, 0.4) is 0 Å². The molecule has 0 saturated heterocycles. The number of rotatable bonds is 4. The third kappa shape index (κ3) is 5.27. The zero-order chi connectivity index (χ0) is 13.1. The van der Waals surface area contributed by atoms with Crippen LogP contribution in [0.25, 0.3) is 0 Å². The highest BCUT2D eigenvalue weighted by Gasteiger charge is 2.38. The molecule has 6 heteroatoms. The van der Waals surface area contributed by atoms with Gasteiger partial charge in [0, 0.05) is 18.1 Å². The fourth-order valence-electron chi connectivity index (χ4n) is 1.39. The summed E-state index contributed by atoms with van der Waals surface area (Å²) in [6, 6.07) is 7.09. The van der Waals surface area contributed by atoms with E-state index >= 15 is 0 Å². The van der Waals surface area contributed by atoms with Gasteiger partial charge in [-0.15, -0.1) is 0 Å². The first-order chi connectivity index (χ1) is 7.79. The molecule has 0 aromatic heterocycles. The Morgan fingerprint density at radius 2 is 2.06 bits per heavy atom. The molecule has 0 aliphatic rings. The molecule has 0 aliphatic carbocycles. The van der Waals surface area contributed by atoms with Crippen LogP contribution >= 0.6 is 27.5 Å². The van der Waals surface area contributed by atoms with Crippen molar-refractivity contribution < 1.29 is 13.2 Å². The first-order valence-electron chi connectivity index (χ1n) is 4.93. The topological polar surface area (TPSA) is 3.24 Å². The summed E-state index contributed by atoms with van der Waals surface area (Å²) >= 11 is 8.43. The van der Waals surface area contributed by atoms with Gasteiger partial charge in [-0.2, -0.15) is 13.2 Å². The van der Waals surface area contributed by atoms with Gasteiger partial charge in [-0.3, -0.25) is 0 Å². The number of nitrogens with zero attached hydrogens (tertiary/aromatic N) is 1. The van der Waals surface area contributed by atoms with E-state index in [0.29, 0.717) is 11.6 Å². The molecule has 1 atom stereocenters. The van der Waals surface area contributed by atoms with Gasteiger partial charge in [-0.25, -0.2) is 0 Å². The van der Waals surface area contributed by atoms with E-state index in [-0.39, 0.29) is 6.54 Å². The van der Waals surface area contributed by atoms with Gasteiger partial charge in [-0.05, 0) is 24.7 Å². The monoisotopic (exact) mass is 329 g/mol. The Morgan fingerprint density at radius 3 is 2.59 bits per heavy atom. The van der Waals surface area contributed by atoms with E-state index < -0.39 is 11.0 Å². The Kier molecular flexibility index (Phi) is 5.28. The molecule has 0 fully saturated rings. The highest BCUT2D eigenvalue weighted by molar-refractivity contribution is 9.09. The van der Waals surface area contributed by atoms with Crippen molar-refractivity contribution in [2.24, 2.45) is 0 Å². The van der Waals surface area contributed by atoms with Gasteiger partial charge >= 0.3 is 6.18 Å². The van der Waals surface area contributed by atoms with Crippen LogP contribution < -0.4 is 0 Å². The summed E-state index contributed by atoms with van der Waals surface area (Å²) in [5, 5.41) is 0.585. The summed E-state index contributed by atoms with van der Waals surface area (Å²) in [7, 11) is 1.64. The van der Waals surface area contributed by atoms with E-state index in [0.717, 1.165) is 5.56 Å². The number of alkyl halides is 4. The van der Waals surface area contributed by atoms with E-state index in [1.807, 2.05) is 6.07 Å². The molecule has 0 bridgehead atoms. The fraction of sp³-hybridized carbons (Fsp3) is 0.455. The molecule has 1 aromatic rings. The van der Waals surface area contributed by atoms with Gasteiger partial charge in [0.1, 0.15) is 4.83 Å². The minimum atomic E-state index is -4.22. The maximum atomic E-state index is 12.3. The molecule has 0 amide bonds. The van der Waals surface area contributed by atoms with Crippen molar-refractivity contribution in [2.75, 3.05) is 13.6 Å². The third-order valence-electron chi connectivity index (χ3n) is 2.17. The second-order valence-corrected chi connectivity index (χ2v) is 5.38. The zero-order valence-corrected chi connectivity index (χ0v) is 11.5. The Morgan fingerprint density at radius 1 is 1.41 bits per heavy atom. The summed E-state index contributed by atoms with van der Waals surface area (Å²) < 4.78 is 37.0. The summed E-state index contributed by atoms with van der Waals surface area (Å²) in [5.74, 6) is 0. The molecule has 1 unspecified atom stereocenters. The first kappa shape index (κ1) is 14.8. The summed E-state index contributed by atoms with van der Waals surface area (Å²) in [6.45, 7) is 0.328. The number of halogens is 5. The minimum Gasteiger partial charge on any atom is -0.301 e. The molecule has 0 saturated carbocycles. The molecule has 0 aliphatic heterocycles. The zero-order valence-electron chi connectivity index (χ0n) is 9.14. The van der Waals surface area contributed by atoms with Crippen molar-refractivity contribution in [1.29, 1.82) is 0 Å². The van der Waals surface area contributed by atoms with Crippen LogP contribution in [0.4, 0.5) is 13.2 Å². The largest absolute Gasteiger partial charge is 0.402 e. The molecule has 0 N–H and O–H groups in total. The van der Waals surface area contributed by atoms with Gasteiger partial charge in [0.05, 0.1) is 0 Å². The van der Waals surface area contributed by atoms with Crippen LogP contribution in [0.1, 0.15) is 5.56 Å². The highest BCUT2D eigenvalue weighted by Crippen LogP contribution is 2.27. The SMILES string of the molecule is CN(Cc1cccc(Cl)c1)CC(Br)C(F)(F)F. The van der Waals surface area contributed by atoms with Gasteiger partial charge < -0.3 is 4.90 Å². The molecule has 0 radical (unpaired) electrons. The molecule has 17 heavy (non-hydrogen) atoms. The molecular weight excluding hydrogens is 318 g/mol. The van der Waals surface area contributed by atoms with Crippen molar-refractivity contribution >= 4 is 27.5 Å². The lowest BCUT2D eigenvalue weighted by molar-refractivity contribution is -0.130. The van der Waals surface area contributed by atoms with Crippen LogP contribution in [0.15, 0.2) is 24.3 Å². The van der Waals surface area contributed by atoms with Gasteiger partial charge in [-0.1, -0.05) is 39.7 Å². The number of hydrogen-bond donors (Lipinski definition) is 0. The molecule has 1 rings (SSSR count). The predicted octanol–water partition coefficient (Wildman–Crippen LogP) is 4.10. The fourth-order valence-corrected chi connectivity index (χ4v) is 2.10. The van der Waals surface area contributed by atoms with Crippen molar-refractivity contribution in [3.05, 3.63) is 34.9 Å². The van der Waals surface area contributed by atoms with E-state index in [1.165, 1.54) is 0 Å². The Labute approximate surface area is 112 Å². The quantitative estimate of drug-likeness (QED) is 0.751. The second kappa shape index (κ2) is 6.07. The molecular formula is C11H12BrClF3N. The summed E-state index contributed by atoms with van der Waals surface area (Å²) in [6.07, 6.45) is -4.22. The highest BCUT2D eigenvalue weighted by atomic mass is 79.9. The molecule has 0 spiro atoms. The van der Waals surface area contributed by atoms with E-state index in [4.69, 9.17) is 11.6 Å². The van der Waals surface area contributed by atoms with Crippen LogP contribution in [0.5, 0.6) is 0 Å². The maximum Gasteiger partial charge on any atom is 0.402 e. The summed E-state index contributed by atoms with van der Waals surface area (Å²) in [5.41, 5.74) is 0.891. The lowest BCUT2D eigenvalue weighted by Gasteiger charge is -2.22. The Hall–Kier alpha value is -0.260. The van der Waals surface area contributed by atoms with Crippen LogP contribution in [-0.4, -0.2) is 29.5 Å². The normalized spacial score (nSPS) is 14.1. The van der Waals surface area contributed by atoms with Crippen LogP contribution in [0.2, 0.25) is 5.02 Å². The first-order valence-corrected chi connectivity index (χ1v) is 6.22. The number of hydrogen-bond acceptors (Lipinski definition) is 1. The smallest absolute Gasteiger partial charge is 0.301 e. The molecule has 1 aromatic carbocycles. The lowest BCUT2D eigenvalue weighted by Crippen LogP contribution is -2.35. The maximum absolute atomic E-state index is 12.3. The van der Waals surface area contributed by atoms with Crippen molar-refractivity contribution in [3.63, 3.8) is 0 Å². The van der Waals surface area contributed by atoms with Gasteiger partial charge in [0.2, 0.25) is 0 Å². The summed E-state index contributed by atoms with van der Waals surface area (Å²) in [4.78, 5) is 0.0812. The van der Waals surface area contributed by atoms with Gasteiger partial charge in [0.15, 0.2) is 0 Å². The van der Waals surface area contributed by atoms with E-state index in [1.54, 1.807) is 30.1 Å². The number of benzene rings is 1.